The maximum absolute atomic E-state index is 10.9. The van der Waals surface area contributed by atoms with Gasteiger partial charge >= 0.3 is 0 Å². The lowest BCUT2D eigenvalue weighted by Crippen LogP contribution is -2.38. The topological polar surface area (TPSA) is 38.3 Å². The van der Waals surface area contributed by atoms with Crippen molar-refractivity contribution >= 4 is 29.1 Å². The highest BCUT2D eigenvalue weighted by Gasteiger charge is 2.22. The van der Waals surface area contributed by atoms with Crippen LogP contribution in [0.3, 0.4) is 0 Å². The van der Waals surface area contributed by atoms with Crippen molar-refractivity contribution in [2.75, 3.05) is 13.2 Å². The van der Waals surface area contributed by atoms with Gasteiger partial charge in [-0.15, -0.1) is 0 Å². The summed E-state index contributed by atoms with van der Waals surface area (Å²) >= 11 is 11.9. The fourth-order valence-electron chi connectivity index (χ4n) is 1.45. The van der Waals surface area contributed by atoms with Crippen molar-refractivity contribution in [2.45, 2.75) is 6.10 Å². The maximum atomic E-state index is 10.9. The molecule has 1 saturated heterocycles. The van der Waals surface area contributed by atoms with Crippen molar-refractivity contribution < 1.29 is 9.53 Å². The summed E-state index contributed by atoms with van der Waals surface area (Å²) in [6.07, 6.45) is -0.214. The molecule has 1 fully saturated rings. The first-order valence-electron chi connectivity index (χ1n) is 4.50. The summed E-state index contributed by atoms with van der Waals surface area (Å²) < 4.78 is 5.36. The van der Waals surface area contributed by atoms with Crippen LogP contribution in [0.15, 0.2) is 18.2 Å². The van der Waals surface area contributed by atoms with Crippen molar-refractivity contribution in [1.29, 1.82) is 0 Å². The van der Waals surface area contributed by atoms with Gasteiger partial charge in [0.05, 0.1) is 0 Å². The van der Waals surface area contributed by atoms with E-state index in [-0.39, 0.29) is 18.6 Å². The second kappa shape index (κ2) is 4.39. The zero-order chi connectivity index (χ0) is 10.8. The number of amides is 1. The van der Waals surface area contributed by atoms with E-state index in [4.69, 9.17) is 27.9 Å². The van der Waals surface area contributed by atoms with E-state index in [1.165, 1.54) is 0 Å². The minimum Gasteiger partial charge on any atom is -0.362 e. The number of nitrogens with one attached hydrogen (secondary N) is 1. The largest absolute Gasteiger partial charge is 0.362 e. The molecular formula is C10H9Cl2NO2. The smallest absolute Gasteiger partial charge is 0.246 e. The average Bonchev–Trinajstić information content (AvgIpc) is 2.23. The maximum Gasteiger partial charge on any atom is 0.246 e. The highest BCUT2D eigenvalue weighted by molar-refractivity contribution is 6.33. The Morgan fingerprint density at radius 1 is 1.40 bits per heavy atom. The van der Waals surface area contributed by atoms with Gasteiger partial charge in [-0.3, -0.25) is 4.79 Å². The summed E-state index contributed by atoms with van der Waals surface area (Å²) in [6.45, 7) is 0.492. The molecule has 0 unspecified atom stereocenters. The SMILES string of the molecule is O=C1CO[C@@H](c2cc(Cl)ccc2Cl)CN1. The van der Waals surface area contributed by atoms with Gasteiger partial charge in [0, 0.05) is 22.2 Å². The zero-order valence-electron chi connectivity index (χ0n) is 7.80. The molecule has 1 aliphatic heterocycles. The third kappa shape index (κ3) is 2.43. The number of benzene rings is 1. The summed E-state index contributed by atoms with van der Waals surface area (Å²) in [6, 6.07) is 5.19. The minimum absolute atomic E-state index is 0.0630. The van der Waals surface area contributed by atoms with Crippen molar-refractivity contribution in [2.24, 2.45) is 0 Å². The molecule has 0 bridgehead atoms. The number of halogens is 2. The van der Waals surface area contributed by atoms with Crippen molar-refractivity contribution in [3.8, 4) is 0 Å². The first-order chi connectivity index (χ1) is 7.16. The van der Waals surface area contributed by atoms with Crippen LogP contribution in [0.25, 0.3) is 0 Å². The second-order valence-corrected chi connectivity index (χ2v) is 4.11. The molecule has 1 amide bonds. The minimum atomic E-state index is -0.214. The molecule has 0 aromatic heterocycles. The van der Waals surface area contributed by atoms with Crippen LogP contribution in [0, 0.1) is 0 Å². The van der Waals surface area contributed by atoms with Gasteiger partial charge in [0.1, 0.15) is 12.7 Å². The molecule has 2 rings (SSSR count). The normalized spacial score (nSPS) is 21.2. The third-order valence-corrected chi connectivity index (χ3v) is 2.78. The van der Waals surface area contributed by atoms with Crippen LogP contribution in [-0.4, -0.2) is 19.1 Å². The first kappa shape index (κ1) is 10.7. The van der Waals surface area contributed by atoms with E-state index in [1.54, 1.807) is 18.2 Å². The van der Waals surface area contributed by atoms with Crippen LogP contribution in [-0.2, 0) is 9.53 Å². The average molecular weight is 246 g/mol. The lowest BCUT2D eigenvalue weighted by Gasteiger charge is -2.24. The summed E-state index contributed by atoms with van der Waals surface area (Å²) in [7, 11) is 0. The summed E-state index contributed by atoms with van der Waals surface area (Å²) in [5, 5.41) is 3.92. The van der Waals surface area contributed by atoms with E-state index in [2.05, 4.69) is 5.32 Å². The Bertz CT molecular complexity index is 385. The van der Waals surface area contributed by atoms with Gasteiger partial charge in [0.25, 0.3) is 0 Å². The quantitative estimate of drug-likeness (QED) is 0.824. The van der Waals surface area contributed by atoms with Crippen LogP contribution in [0.4, 0.5) is 0 Å². The van der Waals surface area contributed by atoms with E-state index in [0.717, 1.165) is 5.56 Å². The number of ether oxygens (including phenoxy) is 1. The van der Waals surface area contributed by atoms with Crippen molar-refractivity contribution in [3.05, 3.63) is 33.8 Å². The lowest BCUT2D eigenvalue weighted by atomic mass is 10.1. The Labute approximate surface area is 97.3 Å². The Morgan fingerprint density at radius 3 is 2.87 bits per heavy atom. The highest BCUT2D eigenvalue weighted by atomic mass is 35.5. The van der Waals surface area contributed by atoms with Gasteiger partial charge in [-0.05, 0) is 18.2 Å². The molecule has 0 aliphatic carbocycles. The van der Waals surface area contributed by atoms with Crippen LogP contribution in [0.5, 0.6) is 0 Å². The fourth-order valence-corrected chi connectivity index (χ4v) is 1.87. The molecule has 5 heteroatoms. The highest BCUT2D eigenvalue weighted by Crippen LogP contribution is 2.29. The summed E-state index contributed by atoms with van der Waals surface area (Å²) in [4.78, 5) is 10.9. The first-order valence-corrected chi connectivity index (χ1v) is 5.25. The molecule has 80 valence electrons. The number of rotatable bonds is 1. The summed E-state index contributed by atoms with van der Waals surface area (Å²) in [5.41, 5.74) is 0.809. The monoisotopic (exact) mass is 245 g/mol. The van der Waals surface area contributed by atoms with Crippen LogP contribution in [0.2, 0.25) is 10.0 Å². The molecule has 0 saturated carbocycles. The molecule has 1 atom stereocenters. The van der Waals surface area contributed by atoms with Gasteiger partial charge in [0.15, 0.2) is 0 Å². The Kier molecular flexibility index (Phi) is 3.14. The predicted octanol–water partition coefficient (Wildman–Crippen LogP) is 2.18. The lowest BCUT2D eigenvalue weighted by molar-refractivity contribution is -0.133. The molecule has 3 nitrogen and oxygen atoms in total. The Hall–Kier alpha value is -0.770. The number of carbonyl (C=O) groups excluding carboxylic acids is 1. The van der Waals surface area contributed by atoms with E-state index >= 15 is 0 Å². The number of carbonyl (C=O) groups is 1. The molecule has 0 spiro atoms. The fraction of sp³-hybridized carbons (Fsp3) is 0.300. The number of morpholine rings is 1. The van der Waals surface area contributed by atoms with Crippen LogP contribution >= 0.6 is 23.2 Å². The zero-order valence-corrected chi connectivity index (χ0v) is 9.31. The van der Waals surface area contributed by atoms with E-state index in [0.29, 0.717) is 16.6 Å². The predicted molar refractivity (Wildman–Crippen MR) is 58.2 cm³/mol. The molecule has 1 aliphatic rings. The molecule has 1 aromatic rings. The molecular weight excluding hydrogens is 237 g/mol. The number of hydrogen-bond acceptors (Lipinski definition) is 2. The van der Waals surface area contributed by atoms with E-state index in [9.17, 15) is 4.79 Å². The Morgan fingerprint density at radius 2 is 2.20 bits per heavy atom. The van der Waals surface area contributed by atoms with Gasteiger partial charge in [-0.25, -0.2) is 0 Å². The summed E-state index contributed by atoms with van der Waals surface area (Å²) in [5.74, 6) is -0.107. The second-order valence-electron chi connectivity index (χ2n) is 3.27. The van der Waals surface area contributed by atoms with Gasteiger partial charge in [-0.2, -0.15) is 0 Å². The van der Waals surface area contributed by atoms with Crippen molar-refractivity contribution in [3.63, 3.8) is 0 Å². The van der Waals surface area contributed by atoms with Crippen molar-refractivity contribution in [1.82, 2.24) is 5.32 Å². The van der Waals surface area contributed by atoms with E-state index in [1.807, 2.05) is 0 Å². The van der Waals surface area contributed by atoms with Gasteiger partial charge in [-0.1, -0.05) is 23.2 Å². The molecule has 1 N–H and O–H groups in total. The standard InChI is InChI=1S/C10H9Cl2NO2/c11-6-1-2-8(12)7(3-6)9-4-13-10(14)5-15-9/h1-3,9H,4-5H2,(H,13,14)/t9-/m1/s1. The van der Waals surface area contributed by atoms with E-state index < -0.39 is 0 Å². The number of hydrogen-bond donors (Lipinski definition) is 1. The van der Waals surface area contributed by atoms with Gasteiger partial charge in [0.2, 0.25) is 5.91 Å². The van der Waals surface area contributed by atoms with Gasteiger partial charge < -0.3 is 10.1 Å². The van der Waals surface area contributed by atoms with Crippen LogP contribution < -0.4 is 5.32 Å². The van der Waals surface area contributed by atoms with Crippen LogP contribution in [0.1, 0.15) is 11.7 Å². The molecule has 15 heavy (non-hydrogen) atoms. The molecule has 0 radical (unpaired) electrons. The molecule has 1 heterocycles. The third-order valence-electron chi connectivity index (χ3n) is 2.21. The Balaban J connectivity index is 2.21. The molecule has 1 aromatic carbocycles.